The van der Waals surface area contributed by atoms with Crippen LogP contribution in [0.3, 0.4) is 0 Å². The highest BCUT2D eigenvalue weighted by Crippen LogP contribution is 2.60. The highest BCUT2D eigenvalue weighted by molar-refractivity contribution is 5.75. The summed E-state index contributed by atoms with van der Waals surface area (Å²) < 4.78 is 17.8. The molecule has 4 rings (SSSR count). The van der Waals surface area contributed by atoms with Crippen molar-refractivity contribution >= 4 is 5.97 Å². The van der Waals surface area contributed by atoms with Crippen molar-refractivity contribution < 1.29 is 34.3 Å². The van der Waals surface area contributed by atoms with Crippen molar-refractivity contribution in [2.24, 2.45) is 29.6 Å². The number of rotatable bonds is 2. The fourth-order valence-electron chi connectivity index (χ4n) is 6.34. The number of carbonyl (C=O) groups is 1. The number of carbonyl (C=O) groups excluding carboxylic acids is 1. The molecule has 0 unspecified atom stereocenters. The van der Waals surface area contributed by atoms with E-state index in [1.165, 1.54) is 7.11 Å². The Labute approximate surface area is 177 Å². The molecule has 168 valence electrons. The second kappa shape index (κ2) is 7.71. The van der Waals surface area contributed by atoms with Gasteiger partial charge in [-0.3, -0.25) is 0 Å². The lowest BCUT2D eigenvalue weighted by atomic mass is 9.57. The second-order valence-electron chi connectivity index (χ2n) is 9.62. The molecule has 0 radical (unpaired) electrons. The van der Waals surface area contributed by atoms with E-state index in [9.17, 15) is 20.1 Å². The molecule has 1 spiro atoms. The number of aliphatic hydroxyl groups excluding tert-OH is 3. The lowest BCUT2D eigenvalue weighted by Crippen LogP contribution is -2.56. The Morgan fingerprint density at radius 2 is 1.93 bits per heavy atom. The van der Waals surface area contributed by atoms with E-state index in [0.717, 1.165) is 5.57 Å². The van der Waals surface area contributed by atoms with E-state index in [-0.39, 0.29) is 29.6 Å². The summed E-state index contributed by atoms with van der Waals surface area (Å²) in [5.41, 5.74) is 0.0851. The average molecular weight is 423 g/mol. The largest absolute Gasteiger partial charge is 0.457 e. The molecule has 0 amide bonds. The zero-order chi connectivity index (χ0) is 22.0. The van der Waals surface area contributed by atoms with Crippen molar-refractivity contribution in [3.8, 4) is 0 Å². The molecule has 7 nitrogen and oxygen atoms in total. The molecule has 2 heterocycles. The monoisotopic (exact) mass is 422 g/mol. The van der Waals surface area contributed by atoms with Gasteiger partial charge in [0.1, 0.15) is 11.7 Å². The van der Waals surface area contributed by atoms with Crippen LogP contribution in [-0.2, 0) is 19.0 Å². The maximum atomic E-state index is 12.8. The van der Waals surface area contributed by atoms with Crippen LogP contribution in [0.15, 0.2) is 23.8 Å². The number of aliphatic hydroxyl groups is 3. The van der Waals surface area contributed by atoms with Crippen molar-refractivity contribution in [2.45, 2.75) is 76.3 Å². The minimum absolute atomic E-state index is 0.0930. The van der Waals surface area contributed by atoms with Crippen LogP contribution in [0.5, 0.6) is 0 Å². The molecule has 2 aliphatic carbocycles. The number of hydrogen-bond acceptors (Lipinski definition) is 7. The number of methoxy groups -OCH3 is 1. The zero-order valence-corrected chi connectivity index (χ0v) is 18.3. The van der Waals surface area contributed by atoms with Gasteiger partial charge in [0.25, 0.3) is 0 Å². The van der Waals surface area contributed by atoms with Gasteiger partial charge in [-0.25, -0.2) is 4.79 Å². The third-order valence-corrected chi connectivity index (χ3v) is 7.91. The Morgan fingerprint density at radius 3 is 2.57 bits per heavy atom. The molecule has 0 aromatic heterocycles. The van der Waals surface area contributed by atoms with E-state index in [4.69, 9.17) is 14.2 Å². The van der Waals surface area contributed by atoms with E-state index >= 15 is 0 Å². The topological polar surface area (TPSA) is 105 Å². The predicted octanol–water partition coefficient (Wildman–Crippen LogP) is 1.21. The van der Waals surface area contributed by atoms with Crippen LogP contribution in [0.1, 0.15) is 34.1 Å². The van der Waals surface area contributed by atoms with Gasteiger partial charge in [0.05, 0.1) is 24.4 Å². The van der Waals surface area contributed by atoms with Crippen LogP contribution < -0.4 is 0 Å². The summed E-state index contributed by atoms with van der Waals surface area (Å²) in [6.45, 7) is 7.34. The fraction of sp³-hybridized carbons (Fsp3) is 0.783. The van der Waals surface area contributed by atoms with Crippen LogP contribution in [0.25, 0.3) is 0 Å². The molecule has 0 aromatic rings. The van der Waals surface area contributed by atoms with Gasteiger partial charge in [-0.05, 0) is 25.8 Å². The van der Waals surface area contributed by atoms with Gasteiger partial charge in [-0.2, -0.15) is 0 Å². The Bertz CT molecular complexity index is 746. The van der Waals surface area contributed by atoms with Gasteiger partial charge in [0.15, 0.2) is 6.10 Å². The molecule has 3 N–H and O–H groups in total. The van der Waals surface area contributed by atoms with E-state index < -0.39 is 48.2 Å². The molecule has 0 aromatic carbocycles. The standard InChI is InChI=1S/C23H34O7/c1-10-8-11(2)23-14(9-16(28-5)22(27)29-20(10)13(4)24)6-7-15-17(23)18(25)12(3)19(26)21(15)30-23/h6-8,10,12-21,24-26H,9H2,1-5H3/t10-,12-,13-,14-,15-,16+,17+,18-,19-,20+,21-,23+/m1/s1. The zero-order valence-electron chi connectivity index (χ0n) is 18.3. The van der Waals surface area contributed by atoms with E-state index in [2.05, 4.69) is 0 Å². The average Bonchev–Trinajstić information content (AvgIpc) is 2.91. The number of ether oxygens (including phenoxy) is 3. The van der Waals surface area contributed by atoms with Gasteiger partial charge < -0.3 is 29.5 Å². The van der Waals surface area contributed by atoms with Gasteiger partial charge in [-0.15, -0.1) is 0 Å². The Hall–Kier alpha value is -1.25. The minimum atomic E-state index is -0.853. The summed E-state index contributed by atoms with van der Waals surface area (Å²) in [4.78, 5) is 12.8. The number of esters is 1. The van der Waals surface area contributed by atoms with E-state index in [1.54, 1.807) is 6.92 Å². The fourth-order valence-corrected chi connectivity index (χ4v) is 6.34. The Balaban J connectivity index is 1.86. The highest BCUT2D eigenvalue weighted by Gasteiger charge is 2.68. The smallest absolute Gasteiger partial charge is 0.335 e. The molecule has 1 saturated carbocycles. The van der Waals surface area contributed by atoms with Gasteiger partial charge in [0.2, 0.25) is 0 Å². The molecule has 4 bridgehead atoms. The minimum Gasteiger partial charge on any atom is -0.457 e. The quantitative estimate of drug-likeness (QED) is 0.454. The Morgan fingerprint density at radius 1 is 1.23 bits per heavy atom. The molecular formula is C23H34O7. The van der Waals surface area contributed by atoms with Crippen LogP contribution in [0, 0.1) is 29.6 Å². The maximum absolute atomic E-state index is 12.8. The van der Waals surface area contributed by atoms with E-state index in [0.29, 0.717) is 6.42 Å². The predicted molar refractivity (Wildman–Crippen MR) is 108 cm³/mol. The summed E-state index contributed by atoms with van der Waals surface area (Å²) in [6.07, 6.45) is 2.09. The van der Waals surface area contributed by atoms with Crippen molar-refractivity contribution in [3.05, 3.63) is 23.8 Å². The SMILES string of the molecule is CO[C@H]1C[C@H]2C=C[C@H]3[C@H]4O[C@]2(C(C)=C[C@@H](C)[C@@H]([C@@H](C)O)OC1=O)[C@@H]3[C@H](O)[C@@H](C)[C@H]4O. The first kappa shape index (κ1) is 22.0. The first-order valence-electron chi connectivity index (χ1n) is 11.0. The molecule has 12 atom stereocenters. The van der Waals surface area contributed by atoms with Crippen LogP contribution in [-0.4, -0.2) is 70.6 Å². The summed E-state index contributed by atoms with van der Waals surface area (Å²) in [5.74, 6) is -1.63. The van der Waals surface area contributed by atoms with Crippen molar-refractivity contribution in [2.75, 3.05) is 7.11 Å². The number of hydrogen-bond donors (Lipinski definition) is 3. The Kier molecular flexibility index (Phi) is 5.64. The summed E-state index contributed by atoms with van der Waals surface area (Å²) in [7, 11) is 1.47. The molecule has 30 heavy (non-hydrogen) atoms. The van der Waals surface area contributed by atoms with Crippen molar-refractivity contribution in [3.63, 3.8) is 0 Å². The lowest BCUT2D eigenvalue weighted by Gasteiger charge is -2.48. The third-order valence-electron chi connectivity index (χ3n) is 7.91. The normalized spacial score (nSPS) is 51.6. The van der Waals surface area contributed by atoms with E-state index in [1.807, 2.05) is 39.0 Å². The van der Waals surface area contributed by atoms with Crippen LogP contribution in [0.2, 0.25) is 0 Å². The molecule has 2 fully saturated rings. The molecule has 4 aliphatic rings. The maximum Gasteiger partial charge on any atom is 0.335 e. The molecule has 1 saturated heterocycles. The van der Waals surface area contributed by atoms with Crippen molar-refractivity contribution in [1.29, 1.82) is 0 Å². The first-order valence-corrected chi connectivity index (χ1v) is 11.0. The molecule has 2 aliphatic heterocycles. The van der Waals surface area contributed by atoms with Gasteiger partial charge in [0, 0.05) is 36.7 Å². The first-order chi connectivity index (χ1) is 14.1. The molecule has 7 heteroatoms. The second-order valence-corrected chi connectivity index (χ2v) is 9.62. The van der Waals surface area contributed by atoms with Crippen LogP contribution >= 0.6 is 0 Å². The van der Waals surface area contributed by atoms with Crippen molar-refractivity contribution in [1.82, 2.24) is 0 Å². The van der Waals surface area contributed by atoms with Gasteiger partial charge in [-0.1, -0.05) is 32.1 Å². The number of cyclic esters (lactones) is 1. The third kappa shape index (κ3) is 3.01. The van der Waals surface area contributed by atoms with Crippen LogP contribution in [0.4, 0.5) is 0 Å². The summed E-state index contributed by atoms with van der Waals surface area (Å²) >= 11 is 0. The lowest BCUT2D eigenvalue weighted by molar-refractivity contribution is -0.172. The van der Waals surface area contributed by atoms with Gasteiger partial charge >= 0.3 is 5.97 Å². The molecular weight excluding hydrogens is 388 g/mol. The highest BCUT2D eigenvalue weighted by atomic mass is 16.6. The summed E-state index contributed by atoms with van der Waals surface area (Å²) in [6, 6.07) is 0. The summed E-state index contributed by atoms with van der Waals surface area (Å²) in [5, 5.41) is 32.3.